The van der Waals surface area contributed by atoms with Crippen molar-refractivity contribution in [3.05, 3.63) is 47.8 Å². The molecule has 0 saturated carbocycles. The molecule has 0 aliphatic carbocycles. The Morgan fingerprint density at radius 1 is 1.18 bits per heavy atom. The van der Waals surface area contributed by atoms with Crippen molar-refractivity contribution in [3.8, 4) is 11.8 Å². The molecule has 0 bridgehead atoms. The Morgan fingerprint density at radius 3 is 2.48 bits per heavy atom. The summed E-state index contributed by atoms with van der Waals surface area (Å²) in [5.74, 6) is -0.401. The molecule has 174 valence electrons. The monoisotopic (exact) mass is 452 g/mol. The number of benzene rings is 1. The van der Waals surface area contributed by atoms with Gasteiger partial charge in [-0.25, -0.2) is 9.59 Å². The minimum Gasteiger partial charge on any atom is -0.444 e. The third-order valence-corrected chi connectivity index (χ3v) is 5.03. The molecule has 4 N–H and O–H groups in total. The second-order valence-corrected chi connectivity index (χ2v) is 8.88. The van der Waals surface area contributed by atoms with Crippen molar-refractivity contribution in [1.29, 1.82) is 5.26 Å². The van der Waals surface area contributed by atoms with E-state index in [1.54, 1.807) is 66.9 Å². The summed E-state index contributed by atoms with van der Waals surface area (Å²) in [6, 6.07) is 7.76. The number of nitrogens with zero attached hydrogens (tertiary/aromatic N) is 3. The van der Waals surface area contributed by atoms with Gasteiger partial charge >= 0.3 is 12.1 Å². The highest BCUT2D eigenvalue weighted by Crippen LogP contribution is 2.22. The van der Waals surface area contributed by atoms with Gasteiger partial charge in [-0.3, -0.25) is 4.79 Å². The van der Waals surface area contributed by atoms with E-state index in [0.29, 0.717) is 30.8 Å². The number of nitrogens with two attached hydrogens (primary N) is 1. The van der Waals surface area contributed by atoms with Crippen molar-refractivity contribution in [2.75, 3.05) is 18.4 Å². The fourth-order valence-electron chi connectivity index (χ4n) is 3.58. The molecular weight excluding hydrogens is 424 g/mol. The number of nitriles is 1. The van der Waals surface area contributed by atoms with Crippen LogP contribution in [0.15, 0.2) is 36.7 Å². The van der Waals surface area contributed by atoms with Crippen LogP contribution >= 0.6 is 0 Å². The first-order chi connectivity index (χ1) is 15.6. The first kappa shape index (κ1) is 23.7. The molecule has 1 aromatic heterocycles. The molecule has 0 radical (unpaired) electrons. The van der Waals surface area contributed by atoms with Crippen molar-refractivity contribution in [3.63, 3.8) is 0 Å². The Balaban J connectivity index is 1.76. The number of primary amides is 1. The highest BCUT2D eigenvalue weighted by molar-refractivity contribution is 6.03. The highest BCUT2D eigenvalue weighted by Gasteiger charge is 2.29. The quantitative estimate of drug-likeness (QED) is 0.654. The third-order valence-electron chi connectivity index (χ3n) is 5.03. The van der Waals surface area contributed by atoms with Crippen molar-refractivity contribution in [2.24, 2.45) is 5.73 Å². The van der Waals surface area contributed by atoms with E-state index >= 15 is 0 Å². The van der Waals surface area contributed by atoms with Gasteiger partial charge in [-0.2, -0.15) is 5.26 Å². The van der Waals surface area contributed by atoms with Crippen LogP contribution in [0.4, 0.5) is 15.3 Å². The molecule has 10 heteroatoms. The normalized spacial score (nSPS) is 15.9. The summed E-state index contributed by atoms with van der Waals surface area (Å²) in [6.45, 7) is 6.31. The fraction of sp³-hybridized carbons (Fsp3) is 0.391. The molecule has 1 aromatic carbocycles. The van der Waals surface area contributed by atoms with E-state index in [1.807, 2.05) is 0 Å². The molecule has 10 nitrogen and oxygen atoms in total. The van der Waals surface area contributed by atoms with Crippen LogP contribution in [0.5, 0.6) is 0 Å². The topological polar surface area (TPSA) is 142 Å². The lowest BCUT2D eigenvalue weighted by Crippen LogP contribution is -2.50. The summed E-state index contributed by atoms with van der Waals surface area (Å²) in [5.41, 5.74) is 6.37. The first-order valence-electron chi connectivity index (χ1n) is 10.6. The molecule has 0 unspecified atom stereocenters. The van der Waals surface area contributed by atoms with Crippen LogP contribution in [0.2, 0.25) is 0 Å². The number of nitrogens with one attached hydrogen (secondary N) is 2. The molecule has 2 heterocycles. The summed E-state index contributed by atoms with van der Waals surface area (Å²) in [6.07, 6.45) is 4.18. The maximum absolute atomic E-state index is 13.1. The lowest BCUT2D eigenvalue weighted by atomic mass is 10.1. The number of rotatable bonds is 4. The molecule has 4 amide bonds. The zero-order valence-electron chi connectivity index (χ0n) is 18.9. The zero-order valence-corrected chi connectivity index (χ0v) is 18.9. The lowest BCUT2D eigenvalue weighted by molar-refractivity contribution is 0.0185. The van der Waals surface area contributed by atoms with Crippen LogP contribution in [-0.4, -0.2) is 52.2 Å². The molecule has 2 aromatic rings. The fourth-order valence-corrected chi connectivity index (χ4v) is 3.58. The van der Waals surface area contributed by atoms with Crippen molar-refractivity contribution in [1.82, 2.24) is 14.8 Å². The molecule has 1 aliphatic heterocycles. The second-order valence-electron chi connectivity index (χ2n) is 8.88. The molecule has 33 heavy (non-hydrogen) atoms. The van der Waals surface area contributed by atoms with Crippen LogP contribution in [0.3, 0.4) is 0 Å². The Hall–Kier alpha value is -4.00. The van der Waals surface area contributed by atoms with E-state index in [2.05, 4.69) is 16.7 Å². The number of amides is 4. The lowest BCUT2D eigenvalue weighted by Gasteiger charge is -2.34. The van der Waals surface area contributed by atoms with Crippen molar-refractivity contribution < 1.29 is 19.1 Å². The second kappa shape index (κ2) is 9.65. The van der Waals surface area contributed by atoms with E-state index < -0.39 is 23.6 Å². The standard InChI is InChI=1S/C23H28N6O4/c1-23(2,3)33-22(32)28-10-4-5-16(12-28)26-20(30)18-13-29(14-19(18)27-21(25)31)17-8-6-15(11-24)7-9-17/h6-9,13-14,16H,4-5,10,12H2,1-3H3,(H,26,30)(H3,25,27,31)/t16-/m0/s1. The van der Waals surface area contributed by atoms with Gasteiger partial charge in [0.1, 0.15) is 5.60 Å². The van der Waals surface area contributed by atoms with Gasteiger partial charge in [-0.1, -0.05) is 0 Å². The number of carbonyl (C=O) groups is 3. The number of piperidine rings is 1. The summed E-state index contributed by atoms with van der Waals surface area (Å²) < 4.78 is 7.10. The summed E-state index contributed by atoms with van der Waals surface area (Å²) in [4.78, 5) is 38.5. The van der Waals surface area contributed by atoms with Crippen LogP contribution in [0.25, 0.3) is 5.69 Å². The van der Waals surface area contributed by atoms with E-state index in [4.69, 9.17) is 15.7 Å². The van der Waals surface area contributed by atoms with Gasteiger partial charge in [0.2, 0.25) is 0 Å². The number of hydrogen-bond donors (Lipinski definition) is 3. The van der Waals surface area contributed by atoms with Crippen LogP contribution in [-0.2, 0) is 4.74 Å². The van der Waals surface area contributed by atoms with Gasteiger partial charge in [0.25, 0.3) is 5.91 Å². The van der Waals surface area contributed by atoms with E-state index in [9.17, 15) is 14.4 Å². The van der Waals surface area contributed by atoms with E-state index in [-0.39, 0.29) is 17.3 Å². The summed E-state index contributed by atoms with van der Waals surface area (Å²) in [7, 11) is 0. The van der Waals surface area contributed by atoms with Crippen molar-refractivity contribution in [2.45, 2.75) is 45.3 Å². The number of likely N-dealkylation sites (tertiary alicyclic amines) is 1. The highest BCUT2D eigenvalue weighted by atomic mass is 16.6. The van der Waals surface area contributed by atoms with Crippen LogP contribution in [0, 0.1) is 11.3 Å². The molecular formula is C23H28N6O4. The average molecular weight is 453 g/mol. The third kappa shape index (κ3) is 6.26. The molecule has 1 fully saturated rings. The number of anilines is 1. The van der Waals surface area contributed by atoms with Gasteiger partial charge in [0.05, 0.1) is 22.9 Å². The molecule has 1 saturated heterocycles. The predicted octanol–water partition coefficient (Wildman–Crippen LogP) is 2.97. The van der Waals surface area contributed by atoms with Gasteiger partial charge < -0.3 is 30.6 Å². The maximum atomic E-state index is 13.1. The van der Waals surface area contributed by atoms with E-state index in [0.717, 1.165) is 6.42 Å². The van der Waals surface area contributed by atoms with Gasteiger partial charge in [0.15, 0.2) is 0 Å². The van der Waals surface area contributed by atoms with Gasteiger partial charge in [0, 0.05) is 37.2 Å². The van der Waals surface area contributed by atoms with Crippen molar-refractivity contribution >= 4 is 23.7 Å². The predicted molar refractivity (Wildman–Crippen MR) is 122 cm³/mol. The van der Waals surface area contributed by atoms with E-state index in [1.165, 1.54) is 0 Å². The Labute approximate surface area is 192 Å². The number of carbonyl (C=O) groups excluding carboxylic acids is 3. The molecule has 1 atom stereocenters. The van der Waals surface area contributed by atoms with Gasteiger partial charge in [-0.15, -0.1) is 0 Å². The summed E-state index contributed by atoms with van der Waals surface area (Å²) >= 11 is 0. The molecule has 0 spiro atoms. The number of aromatic nitrogens is 1. The number of hydrogen-bond acceptors (Lipinski definition) is 5. The largest absolute Gasteiger partial charge is 0.444 e. The Kier molecular flexibility index (Phi) is 6.92. The number of ether oxygens (including phenoxy) is 1. The first-order valence-corrected chi connectivity index (χ1v) is 10.6. The smallest absolute Gasteiger partial charge is 0.410 e. The maximum Gasteiger partial charge on any atom is 0.410 e. The van der Waals surface area contributed by atoms with Gasteiger partial charge in [-0.05, 0) is 57.9 Å². The SMILES string of the molecule is CC(C)(C)OC(=O)N1CCC[C@H](NC(=O)c2cn(-c3ccc(C#N)cc3)cc2NC(N)=O)C1. The zero-order chi connectivity index (χ0) is 24.2. The minimum absolute atomic E-state index is 0.229. The molecule has 3 rings (SSSR count). The number of urea groups is 1. The molecule has 1 aliphatic rings. The minimum atomic E-state index is -0.796. The Bertz CT molecular complexity index is 1080. The van der Waals surface area contributed by atoms with Crippen LogP contribution < -0.4 is 16.4 Å². The summed E-state index contributed by atoms with van der Waals surface area (Å²) in [5, 5.41) is 14.4. The Morgan fingerprint density at radius 2 is 1.88 bits per heavy atom. The van der Waals surface area contributed by atoms with Crippen LogP contribution in [0.1, 0.15) is 49.5 Å². The average Bonchev–Trinajstić information content (AvgIpc) is 3.16.